The van der Waals surface area contributed by atoms with Crippen molar-refractivity contribution in [3.63, 3.8) is 0 Å². The van der Waals surface area contributed by atoms with E-state index in [1.165, 1.54) is 40.2 Å². The molecule has 0 saturated carbocycles. The molecule has 30 heavy (non-hydrogen) atoms. The number of benzene rings is 1. The molecule has 13 heteroatoms. The summed E-state index contributed by atoms with van der Waals surface area (Å²) in [6, 6.07) is 5.63. The van der Waals surface area contributed by atoms with Crippen LogP contribution in [0.3, 0.4) is 0 Å². The van der Waals surface area contributed by atoms with Crippen molar-refractivity contribution >= 4 is 48.7 Å². The van der Waals surface area contributed by atoms with Gasteiger partial charge in [0.05, 0.1) is 27.4 Å². The fourth-order valence-corrected chi connectivity index (χ4v) is 6.04. The van der Waals surface area contributed by atoms with Crippen LogP contribution in [0.2, 0.25) is 0 Å². The third-order valence-corrected chi connectivity index (χ3v) is 7.82. The molecule has 1 aromatic carbocycles. The zero-order valence-corrected chi connectivity index (χ0v) is 19.3. The van der Waals surface area contributed by atoms with Crippen molar-refractivity contribution in [1.82, 2.24) is 14.7 Å². The fraction of sp³-hybridized carbons (Fsp3) is 0.294. The molecule has 0 aliphatic heterocycles. The molecular weight excluding hydrogens is 468 g/mol. The van der Waals surface area contributed by atoms with Crippen molar-refractivity contribution in [2.75, 3.05) is 4.72 Å². The highest BCUT2D eigenvalue weighted by Gasteiger charge is 2.25. The van der Waals surface area contributed by atoms with Crippen LogP contribution in [0.15, 0.2) is 40.1 Å². The molecule has 9 nitrogen and oxygen atoms in total. The van der Waals surface area contributed by atoms with Gasteiger partial charge in [-0.25, -0.2) is 23.1 Å². The zero-order valence-electron chi connectivity index (χ0n) is 16.1. The number of rotatable bonds is 9. The number of aryl methyl sites for hydroxylation is 2. The molecule has 3 rings (SSSR count). The molecule has 3 N–H and O–H groups in total. The summed E-state index contributed by atoms with van der Waals surface area (Å²) >= 11 is 2.71. The van der Waals surface area contributed by atoms with Gasteiger partial charge >= 0.3 is 10.3 Å². The first-order valence-electron chi connectivity index (χ1n) is 8.78. The highest BCUT2D eigenvalue weighted by Crippen LogP contribution is 2.25. The van der Waals surface area contributed by atoms with Crippen molar-refractivity contribution in [2.24, 2.45) is 0 Å². The molecule has 0 unspecified atom stereocenters. The Morgan fingerprint density at radius 1 is 1.07 bits per heavy atom. The lowest BCUT2D eigenvalue weighted by molar-refractivity contribution is 0.489. The van der Waals surface area contributed by atoms with Crippen LogP contribution < -0.4 is 9.44 Å². The normalized spacial score (nSPS) is 13.3. The minimum Gasteiger partial charge on any atom is -0.269 e. The molecule has 0 bridgehead atoms. The third kappa shape index (κ3) is 6.06. The minimum absolute atomic E-state index is 0.0337. The first-order chi connectivity index (χ1) is 14.1. The van der Waals surface area contributed by atoms with E-state index >= 15 is 0 Å². The van der Waals surface area contributed by atoms with Crippen LogP contribution in [0.1, 0.15) is 34.2 Å². The smallest absolute Gasteiger partial charge is 0.269 e. The van der Waals surface area contributed by atoms with Gasteiger partial charge in [0.25, 0.3) is 10.0 Å². The van der Waals surface area contributed by atoms with E-state index in [0.29, 0.717) is 17.1 Å². The van der Waals surface area contributed by atoms with Gasteiger partial charge in [0.1, 0.15) is 0 Å². The molecule has 0 amide bonds. The average Bonchev–Trinajstić information content (AvgIpc) is 3.30. The van der Waals surface area contributed by atoms with Gasteiger partial charge in [-0.3, -0.25) is 9.27 Å². The van der Waals surface area contributed by atoms with Crippen LogP contribution in [0.4, 0.5) is 5.69 Å². The second-order valence-corrected chi connectivity index (χ2v) is 11.2. The molecule has 0 aliphatic rings. The van der Waals surface area contributed by atoms with E-state index in [-0.39, 0.29) is 10.7 Å². The highest BCUT2D eigenvalue weighted by atomic mass is 32.2. The molecule has 162 valence electrons. The maximum Gasteiger partial charge on any atom is 0.357 e. The van der Waals surface area contributed by atoms with Gasteiger partial charge in [0, 0.05) is 10.8 Å². The van der Waals surface area contributed by atoms with Gasteiger partial charge in [-0.1, -0.05) is 19.1 Å². The van der Waals surface area contributed by atoms with E-state index in [4.69, 9.17) is 4.55 Å². The van der Waals surface area contributed by atoms with Gasteiger partial charge < -0.3 is 0 Å². The summed E-state index contributed by atoms with van der Waals surface area (Å²) in [7, 11) is -8.21. The highest BCUT2D eigenvalue weighted by molar-refractivity contribution is 7.89. The summed E-state index contributed by atoms with van der Waals surface area (Å²) in [4.78, 5) is 8.59. The maximum atomic E-state index is 12.8. The van der Waals surface area contributed by atoms with Crippen molar-refractivity contribution in [3.05, 3.63) is 56.3 Å². The molecule has 3 aromatic rings. The van der Waals surface area contributed by atoms with E-state index in [0.717, 1.165) is 17.0 Å². The number of hydrogen-bond acceptors (Lipinski definition) is 8. The van der Waals surface area contributed by atoms with E-state index in [1.807, 2.05) is 17.0 Å². The summed E-state index contributed by atoms with van der Waals surface area (Å²) < 4.78 is 61.0. The van der Waals surface area contributed by atoms with E-state index < -0.39 is 26.4 Å². The number of sulfonamides is 1. The Morgan fingerprint density at radius 3 is 2.30 bits per heavy atom. The van der Waals surface area contributed by atoms with Crippen LogP contribution in [-0.4, -0.2) is 31.4 Å². The van der Waals surface area contributed by atoms with Crippen LogP contribution in [0, 0.1) is 6.92 Å². The number of nitrogens with zero attached hydrogens (tertiary/aromatic N) is 2. The molecule has 0 saturated heterocycles. The van der Waals surface area contributed by atoms with Crippen molar-refractivity contribution < 1.29 is 21.4 Å². The zero-order chi connectivity index (χ0) is 21.9. The summed E-state index contributed by atoms with van der Waals surface area (Å²) in [5, 5.41) is 4.83. The Bertz CT molecular complexity index is 1220. The lowest BCUT2D eigenvalue weighted by Crippen LogP contribution is -2.30. The number of hydrogen-bond donors (Lipinski definition) is 3. The molecule has 0 fully saturated rings. The number of anilines is 1. The quantitative estimate of drug-likeness (QED) is 0.394. The topological polar surface area (TPSA) is 138 Å². The van der Waals surface area contributed by atoms with Crippen LogP contribution in [0.5, 0.6) is 0 Å². The van der Waals surface area contributed by atoms with Crippen LogP contribution >= 0.6 is 22.7 Å². The second-order valence-electron chi connectivity index (χ2n) is 6.38. The largest absolute Gasteiger partial charge is 0.357 e. The Kier molecular flexibility index (Phi) is 6.89. The SMILES string of the molecule is CCc1nc([C@H](Cc2ccc(NS(=O)(=O)O)cc2)NS(=O)(=O)c2csc(C)n2)cs1. The molecular formula is C17H20N4O5S4. The summed E-state index contributed by atoms with van der Waals surface area (Å²) in [5.41, 5.74) is 1.55. The van der Waals surface area contributed by atoms with Gasteiger partial charge in [0.15, 0.2) is 5.03 Å². The lowest BCUT2D eigenvalue weighted by atomic mass is 10.0. The van der Waals surface area contributed by atoms with E-state index in [2.05, 4.69) is 14.7 Å². The van der Waals surface area contributed by atoms with Gasteiger partial charge in [-0.05, 0) is 37.5 Å². The number of nitrogens with one attached hydrogen (secondary N) is 2. The Labute approximate surface area is 183 Å². The van der Waals surface area contributed by atoms with Gasteiger partial charge in [-0.15, -0.1) is 22.7 Å². The number of thiazole rings is 2. The van der Waals surface area contributed by atoms with Crippen molar-refractivity contribution in [1.29, 1.82) is 0 Å². The molecule has 0 spiro atoms. The van der Waals surface area contributed by atoms with E-state index in [9.17, 15) is 16.8 Å². The average molecular weight is 489 g/mol. The van der Waals surface area contributed by atoms with Crippen molar-refractivity contribution in [2.45, 2.75) is 37.8 Å². The summed E-state index contributed by atoms with van der Waals surface area (Å²) in [6.45, 7) is 3.71. The number of aromatic nitrogens is 2. The lowest BCUT2D eigenvalue weighted by Gasteiger charge is -2.17. The molecule has 1 atom stereocenters. The van der Waals surface area contributed by atoms with Crippen LogP contribution in [-0.2, 0) is 33.2 Å². The second kappa shape index (κ2) is 9.08. The standard InChI is InChI=1S/C17H20N4O5S4/c1-3-16-19-15(9-28-16)14(21-29(22,23)17-10-27-11(2)18-17)8-12-4-6-13(7-5-12)20-30(24,25)26/h4-7,9-10,14,20-21H,3,8H2,1-2H3,(H,24,25,26)/t14-/m0/s1. The predicted molar refractivity (Wildman–Crippen MR) is 117 cm³/mol. The first kappa shape index (κ1) is 22.8. The Balaban J connectivity index is 1.86. The predicted octanol–water partition coefficient (Wildman–Crippen LogP) is 2.95. The van der Waals surface area contributed by atoms with Gasteiger partial charge in [0.2, 0.25) is 0 Å². The Hall–Kier alpha value is -1.90. The third-order valence-electron chi connectivity index (χ3n) is 4.04. The Morgan fingerprint density at radius 2 is 1.77 bits per heavy atom. The molecule has 0 aliphatic carbocycles. The van der Waals surface area contributed by atoms with Crippen molar-refractivity contribution in [3.8, 4) is 0 Å². The summed E-state index contributed by atoms with van der Waals surface area (Å²) in [6.07, 6.45) is 1.03. The summed E-state index contributed by atoms with van der Waals surface area (Å²) in [5.74, 6) is 0. The molecule has 2 heterocycles. The maximum absolute atomic E-state index is 12.8. The van der Waals surface area contributed by atoms with E-state index in [1.54, 1.807) is 19.1 Å². The minimum atomic E-state index is -4.37. The van der Waals surface area contributed by atoms with Gasteiger partial charge in [-0.2, -0.15) is 8.42 Å². The van der Waals surface area contributed by atoms with Crippen LogP contribution in [0.25, 0.3) is 0 Å². The molecule has 0 radical (unpaired) electrons. The monoisotopic (exact) mass is 488 g/mol. The molecule has 2 aromatic heterocycles. The first-order valence-corrected chi connectivity index (χ1v) is 13.5. The fourth-order valence-electron chi connectivity index (χ4n) is 2.66.